The van der Waals surface area contributed by atoms with Crippen LogP contribution in [-0.4, -0.2) is 23.3 Å². The Balaban J connectivity index is 1.98. The van der Waals surface area contributed by atoms with E-state index in [4.69, 9.17) is 5.26 Å². The van der Waals surface area contributed by atoms with Crippen LogP contribution in [0.1, 0.15) is 49.8 Å². The minimum atomic E-state index is -2.70. The quantitative estimate of drug-likeness (QED) is 0.850. The number of amides is 1. The maximum absolute atomic E-state index is 13.7. The molecule has 2 heterocycles. The molecule has 3 rings (SSSR count). The number of carbonyl (C=O) groups is 1. The first-order valence-electron chi connectivity index (χ1n) is 7.74. The van der Waals surface area contributed by atoms with Gasteiger partial charge in [0.25, 0.3) is 6.43 Å². The summed E-state index contributed by atoms with van der Waals surface area (Å²) in [5, 5.41) is 8.97. The molecule has 2 saturated heterocycles. The van der Waals surface area contributed by atoms with Gasteiger partial charge >= 0.3 is 0 Å². The zero-order valence-electron chi connectivity index (χ0n) is 12.7. The number of fused-ring (bicyclic) bond motifs is 1. The van der Waals surface area contributed by atoms with Crippen LogP contribution in [-0.2, 0) is 4.79 Å². The third-order valence-corrected chi connectivity index (χ3v) is 5.25. The van der Waals surface area contributed by atoms with Gasteiger partial charge in [0.15, 0.2) is 0 Å². The van der Waals surface area contributed by atoms with Crippen molar-refractivity contribution >= 4 is 5.91 Å². The minimum Gasteiger partial charge on any atom is -0.332 e. The summed E-state index contributed by atoms with van der Waals surface area (Å²) in [4.78, 5) is 14.2. The van der Waals surface area contributed by atoms with Crippen molar-refractivity contribution in [2.24, 2.45) is 5.41 Å². The lowest BCUT2D eigenvalue weighted by atomic mass is 9.81. The van der Waals surface area contributed by atoms with Gasteiger partial charge < -0.3 is 4.90 Å². The smallest absolute Gasteiger partial charge is 0.252 e. The normalized spacial score (nSPS) is 29.9. The number of benzene rings is 1. The van der Waals surface area contributed by atoms with Crippen molar-refractivity contribution in [3.63, 3.8) is 0 Å². The van der Waals surface area contributed by atoms with Crippen LogP contribution >= 0.6 is 0 Å². The van der Waals surface area contributed by atoms with Gasteiger partial charge in [-0.2, -0.15) is 5.26 Å². The van der Waals surface area contributed by atoms with Crippen molar-refractivity contribution in [1.29, 1.82) is 5.26 Å². The molecule has 0 N–H and O–H groups in total. The average Bonchev–Trinajstić information content (AvgIpc) is 3.05. The van der Waals surface area contributed by atoms with E-state index in [1.807, 2.05) is 6.07 Å². The summed E-state index contributed by atoms with van der Waals surface area (Å²) in [6, 6.07) is 5.18. The highest BCUT2D eigenvalue weighted by Crippen LogP contribution is 2.52. The minimum absolute atomic E-state index is 0.0931. The van der Waals surface area contributed by atoms with E-state index in [0.717, 1.165) is 6.07 Å². The van der Waals surface area contributed by atoms with Crippen LogP contribution < -0.4 is 0 Å². The Hall–Kier alpha value is -2.03. The molecular formula is C17H17F3N2O. The standard InChI is InChI=1S/C17H17F3N2O/c1-2-17(15(19)20)8-13-3-4-14(22(13)16(17)23)11-5-10(9-21)6-12(18)7-11/h5-7,13-15H,2-4,8H2,1H3/t13-,14+,17+/m0/s1. The number of nitrogens with zero attached hydrogens (tertiary/aromatic N) is 2. The highest BCUT2D eigenvalue weighted by atomic mass is 19.3. The maximum atomic E-state index is 13.7. The van der Waals surface area contributed by atoms with Crippen LogP contribution in [0, 0.1) is 22.6 Å². The SMILES string of the molecule is CC[C@]1(C(F)F)C[C@@H]2CC[C@H](c3cc(F)cc(C#N)c3)N2C1=O. The van der Waals surface area contributed by atoms with Crippen LogP contribution in [0.5, 0.6) is 0 Å². The molecule has 0 spiro atoms. The largest absolute Gasteiger partial charge is 0.332 e. The van der Waals surface area contributed by atoms with E-state index in [9.17, 15) is 18.0 Å². The zero-order chi connectivity index (χ0) is 16.8. The van der Waals surface area contributed by atoms with Crippen LogP contribution in [0.2, 0.25) is 0 Å². The van der Waals surface area contributed by atoms with Gasteiger partial charge in [-0.1, -0.05) is 6.92 Å². The zero-order valence-corrected chi connectivity index (χ0v) is 12.7. The monoisotopic (exact) mass is 322 g/mol. The van der Waals surface area contributed by atoms with Crippen molar-refractivity contribution in [3.8, 4) is 6.07 Å². The van der Waals surface area contributed by atoms with Crippen molar-refractivity contribution < 1.29 is 18.0 Å². The van der Waals surface area contributed by atoms with Crippen LogP contribution in [0.15, 0.2) is 18.2 Å². The van der Waals surface area contributed by atoms with E-state index < -0.39 is 29.6 Å². The fraction of sp³-hybridized carbons (Fsp3) is 0.529. The lowest BCUT2D eigenvalue weighted by molar-refractivity contribution is -0.146. The lowest BCUT2D eigenvalue weighted by Crippen LogP contribution is -2.40. The highest BCUT2D eigenvalue weighted by molar-refractivity contribution is 5.86. The molecule has 2 fully saturated rings. The first-order chi connectivity index (χ1) is 10.9. The number of alkyl halides is 2. The van der Waals surface area contributed by atoms with E-state index in [1.54, 1.807) is 6.92 Å². The van der Waals surface area contributed by atoms with Gasteiger partial charge in [-0.3, -0.25) is 4.79 Å². The molecule has 1 amide bonds. The molecule has 0 radical (unpaired) electrons. The second-order valence-corrected chi connectivity index (χ2v) is 6.36. The molecule has 3 atom stereocenters. The number of halogens is 3. The van der Waals surface area contributed by atoms with E-state index >= 15 is 0 Å². The number of hydrogen-bond donors (Lipinski definition) is 0. The molecule has 1 aromatic rings. The average molecular weight is 322 g/mol. The van der Waals surface area contributed by atoms with Crippen LogP contribution in [0.25, 0.3) is 0 Å². The van der Waals surface area contributed by atoms with Gasteiger partial charge in [-0.15, -0.1) is 0 Å². The van der Waals surface area contributed by atoms with Gasteiger partial charge in [0.2, 0.25) is 5.91 Å². The summed E-state index contributed by atoms with van der Waals surface area (Å²) >= 11 is 0. The summed E-state index contributed by atoms with van der Waals surface area (Å²) in [5.41, 5.74) is -0.932. The molecule has 122 valence electrons. The van der Waals surface area contributed by atoms with Crippen molar-refractivity contribution in [3.05, 3.63) is 35.1 Å². The molecule has 0 unspecified atom stereocenters. The number of rotatable bonds is 3. The fourth-order valence-electron chi connectivity index (χ4n) is 3.98. The molecule has 2 aliphatic heterocycles. The molecule has 2 aliphatic rings. The van der Waals surface area contributed by atoms with Crippen LogP contribution in [0.3, 0.4) is 0 Å². The molecule has 0 bridgehead atoms. The summed E-state index contributed by atoms with van der Waals surface area (Å²) in [7, 11) is 0. The van der Waals surface area contributed by atoms with Gasteiger partial charge in [0.1, 0.15) is 11.2 Å². The van der Waals surface area contributed by atoms with Crippen LogP contribution in [0.4, 0.5) is 13.2 Å². The first-order valence-corrected chi connectivity index (χ1v) is 7.74. The molecule has 0 aromatic heterocycles. The van der Waals surface area contributed by atoms with Gasteiger partial charge in [0.05, 0.1) is 17.7 Å². The third kappa shape index (κ3) is 2.30. The Morgan fingerprint density at radius 2 is 2.13 bits per heavy atom. The van der Waals surface area contributed by atoms with E-state index in [1.165, 1.54) is 17.0 Å². The summed E-state index contributed by atoms with van der Waals surface area (Å²) < 4.78 is 40.7. The second kappa shape index (κ2) is 5.55. The summed E-state index contributed by atoms with van der Waals surface area (Å²) in [6.45, 7) is 1.61. The predicted octanol–water partition coefficient (Wildman–Crippen LogP) is 3.79. The Bertz CT molecular complexity index is 685. The summed E-state index contributed by atoms with van der Waals surface area (Å²) in [6.07, 6.45) is -1.22. The van der Waals surface area contributed by atoms with Gasteiger partial charge in [-0.05, 0) is 49.4 Å². The number of hydrogen-bond acceptors (Lipinski definition) is 2. The topological polar surface area (TPSA) is 44.1 Å². The molecule has 3 nitrogen and oxygen atoms in total. The van der Waals surface area contributed by atoms with E-state index in [2.05, 4.69) is 0 Å². The second-order valence-electron chi connectivity index (χ2n) is 6.36. The first kappa shape index (κ1) is 15.9. The Morgan fingerprint density at radius 3 is 2.74 bits per heavy atom. The third-order valence-electron chi connectivity index (χ3n) is 5.25. The van der Waals surface area contributed by atoms with Crippen molar-refractivity contribution in [2.75, 3.05) is 0 Å². The molecule has 1 aromatic carbocycles. The van der Waals surface area contributed by atoms with Gasteiger partial charge in [0, 0.05) is 6.04 Å². The summed E-state index contributed by atoms with van der Waals surface area (Å²) in [5.74, 6) is -1.09. The van der Waals surface area contributed by atoms with E-state index in [0.29, 0.717) is 18.4 Å². The Morgan fingerprint density at radius 1 is 1.39 bits per heavy atom. The molecule has 0 saturated carbocycles. The Labute approximate surface area is 132 Å². The molecule has 6 heteroatoms. The highest BCUT2D eigenvalue weighted by Gasteiger charge is 2.59. The van der Waals surface area contributed by atoms with Gasteiger partial charge in [-0.25, -0.2) is 13.2 Å². The number of nitriles is 1. The van der Waals surface area contributed by atoms with E-state index in [-0.39, 0.29) is 24.4 Å². The molecular weight excluding hydrogens is 305 g/mol. The number of carbonyl (C=O) groups excluding carboxylic acids is 1. The predicted molar refractivity (Wildman–Crippen MR) is 77.1 cm³/mol. The fourth-order valence-corrected chi connectivity index (χ4v) is 3.98. The van der Waals surface area contributed by atoms with Crippen molar-refractivity contribution in [1.82, 2.24) is 4.90 Å². The molecule has 23 heavy (non-hydrogen) atoms. The van der Waals surface area contributed by atoms with Crippen molar-refractivity contribution in [2.45, 2.75) is 51.1 Å². The Kier molecular flexibility index (Phi) is 3.83. The lowest BCUT2D eigenvalue weighted by Gasteiger charge is -2.29. The molecule has 0 aliphatic carbocycles. The maximum Gasteiger partial charge on any atom is 0.252 e.